The first-order chi connectivity index (χ1) is 8.73. The van der Waals surface area contributed by atoms with Crippen LogP contribution in [0.15, 0.2) is 18.7 Å². The number of halogens is 2. The molecular weight excluding hydrogens is 470 g/mol. The van der Waals surface area contributed by atoms with E-state index in [0.29, 0.717) is 5.75 Å². The SMILES string of the molecule is C=Cc1cc(I)c(OCC(=O)OC(C)(C)C)c(I)c1. The minimum absolute atomic E-state index is 0.0866. The predicted octanol–water partition coefficient (Wildman–Crippen LogP) is 4.26. The molecule has 1 rings (SSSR count). The molecule has 0 spiro atoms. The average Bonchev–Trinajstić information content (AvgIpc) is 2.25. The van der Waals surface area contributed by atoms with Crippen molar-refractivity contribution >= 4 is 57.2 Å². The lowest BCUT2D eigenvalue weighted by molar-refractivity contribution is -0.157. The van der Waals surface area contributed by atoms with E-state index < -0.39 is 5.60 Å². The summed E-state index contributed by atoms with van der Waals surface area (Å²) in [6, 6.07) is 3.92. The fraction of sp³-hybridized carbons (Fsp3) is 0.357. The Hall–Kier alpha value is -0.310. The lowest BCUT2D eigenvalue weighted by atomic mass is 10.2. The average molecular weight is 486 g/mol. The molecule has 0 fully saturated rings. The van der Waals surface area contributed by atoms with Gasteiger partial charge in [0.1, 0.15) is 11.4 Å². The summed E-state index contributed by atoms with van der Waals surface area (Å²) in [5.74, 6) is 0.338. The third-order valence-corrected chi connectivity index (χ3v) is 3.61. The van der Waals surface area contributed by atoms with Crippen LogP contribution in [0.2, 0.25) is 0 Å². The van der Waals surface area contributed by atoms with Crippen LogP contribution in [0.25, 0.3) is 6.08 Å². The van der Waals surface area contributed by atoms with Crippen molar-refractivity contribution in [1.29, 1.82) is 0 Å². The molecule has 0 radical (unpaired) electrons. The Morgan fingerprint density at radius 3 is 2.26 bits per heavy atom. The first-order valence-corrected chi connectivity index (χ1v) is 7.85. The fourth-order valence-corrected chi connectivity index (χ4v) is 3.46. The Morgan fingerprint density at radius 2 is 1.84 bits per heavy atom. The van der Waals surface area contributed by atoms with Gasteiger partial charge in [0.25, 0.3) is 0 Å². The fourth-order valence-electron chi connectivity index (χ4n) is 1.34. The third kappa shape index (κ3) is 5.68. The molecule has 1 aromatic rings. The van der Waals surface area contributed by atoms with Gasteiger partial charge in [-0.25, -0.2) is 4.79 Å². The van der Waals surface area contributed by atoms with Crippen molar-refractivity contribution in [3.8, 4) is 5.75 Å². The van der Waals surface area contributed by atoms with Gasteiger partial charge in [-0.15, -0.1) is 0 Å². The van der Waals surface area contributed by atoms with Crippen LogP contribution >= 0.6 is 45.2 Å². The molecule has 0 aliphatic heterocycles. The van der Waals surface area contributed by atoms with Crippen molar-refractivity contribution in [2.24, 2.45) is 0 Å². The monoisotopic (exact) mass is 486 g/mol. The van der Waals surface area contributed by atoms with Crippen LogP contribution in [-0.2, 0) is 9.53 Å². The largest absolute Gasteiger partial charge is 0.480 e. The van der Waals surface area contributed by atoms with Crippen LogP contribution in [0.1, 0.15) is 26.3 Å². The van der Waals surface area contributed by atoms with Gasteiger partial charge < -0.3 is 9.47 Å². The Balaban J connectivity index is 2.73. The summed E-state index contributed by atoms with van der Waals surface area (Å²) in [6.07, 6.45) is 1.78. The Bertz CT molecular complexity index is 467. The molecule has 1 aromatic carbocycles. The number of ether oxygens (including phenoxy) is 2. The minimum Gasteiger partial charge on any atom is -0.480 e. The van der Waals surface area contributed by atoms with E-state index in [9.17, 15) is 4.79 Å². The first-order valence-electron chi connectivity index (χ1n) is 5.69. The van der Waals surface area contributed by atoms with E-state index in [1.165, 1.54) is 0 Å². The molecule has 0 heterocycles. The quantitative estimate of drug-likeness (QED) is 0.472. The van der Waals surface area contributed by atoms with Crippen molar-refractivity contribution in [2.75, 3.05) is 6.61 Å². The molecular formula is C14H16I2O3. The number of benzene rings is 1. The molecule has 3 nitrogen and oxygen atoms in total. The highest BCUT2D eigenvalue weighted by atomic mass is 127. The molecule has 0 N–H and O–H groups in total. The lowest BCUT2D eigenvalue weighted by Crippen LogP contribution is -2.27. The first kappa shape index (κ1) is 16.7. The standard InChI is InChI=1S/C14H16I2O3/c1-5-9-6-10(15)13(11(16)7-9)18-8-12(17)19-14(2,3)4/h5-7H,1,8H2,2-4H3. The molecule has 5 heteroatoms. The zero-order chi connectivity index (χ0) is 14.6. The second kappa shape index (κ2) is 6.92. The normalized spacial score (nSPS) is 11.0. The van der Waals surface area contributed by atoms with Crippen molar-refractivity contribution in [3.05, 3.63) is 31.4 Å². The summed E-state index contributed by atoms with van der Waals surface area (Å²) >= 11 is 4.36. The molecule has 104 valence electrons. The number of hydrogen-bond donors (Lipinski definition) is 0. The highest BCUT2D eigenvalue weighted by Crippen LogP contribution is 2.29. The zero-order valence-electron chi connectivity index (χ0n) is 11.1. The number of carbonyl (C=O) groups is 1. The van der Waals surface area contributed by atoms with Crippen molar-refractivity contribution in [2.45, 2.75) is 26.4 Å². The summed E-state index contributed by atoms with van der Waals surface area (Å²) in [6.45, 7) is 9.14. The van der Waals surface area contributed by atoms with E-state index in [-0.39, 0.29) is 12.6 Å². The van der Waals surface area contributed by atoms with E-state index in [1.807, 2.05) is 32.9 Å². The number of hydrogen-bond acceptors (Lipinski definition) is 3. The highest BCUT2D eigenvalue weighted by molar-refractivity contribution is 14.1. The van der Waals surface area contributed by atoms with Gasteiger partial charge in [-0.2, -0.15) is 0 Å². The summed E-state index contributed by atoms with van der Waals surface area (Å²) in [5.41, 5.74) is 0.534. The molecule has 0 aliphatic rings. The number of esters is 1. The van der Waals surface area contributed by atoms with Crippen molar-refractivity contribution < 1.29 is 14.3 Å². The third-order valence-electron chi connectivity index (χ3n) is 2.01. The minimum atomic E-state index is -0.493. The summed E-state index contributed by atoms with van der Waals surface area (Å²) in [7, 11) is 0. The van der Waals surface area contributed by atoms with Gasteiger partial charge in [-0.1, -0.05) is 12.7 Å². The van der Waals surface area contributed by atoms with Crippen LogP contribution in [0.4, 0.5) is 0 Å². The van der Waals surface area contributed by atoms with Gasteiger partial charge in [-0.05, 0) is 83.6 Å². The van der Waals surface area contributed by atoms with E-state index >= 15 is 0 Å². The maximum Gasteiger partial charge on any atom is 0.344 e. The Morgan fingerprint density at radius 1 is 1.32 bits per heavy atom. The van der Waals surface area contributed by atoms with E-state index in [4.69, 9.17) is 9.47 Å². The van der Waals surface area contributed by atoms with Gasteiger partial charge >= 0.3 is 5.97 Å². The molecule has 0 amide bonds. The van der Waals surface area contributed by atoms with Crippen molar-refractivity contribution in [1.82, 2.24) is 0 Å². The Labute approximate surface area is 141 Å². The molecule has 19 heavy (non-hydrogen) atoms. The van der Waals surface area contributed by atoms with E-state index in [0.717, 1.165) is 12.7 Å². The second-order valence-corrected chi connectivity index (χ2v) is 7.22. The van der Waals surface area contributed by atoms with Crippen LogP contribution in [0.5, 0.6) is 5.75 Å². The molecule has 0 atom stereocenters. The highest BCUT2D eigenvalue weighted by Gasteiger charge is 2.17. The zero-order valence-corrected chi connectivity index (χ0v) is 15.4. The molecule has 0 bridgehead atoms. The van der Waals surface area contributed by atoms with Gasteiger partial charge in [-0.3, -0.25) is 0 Å². The summed E-state index contributed by atoms with van der Waals surface area (Å²) in [4.78, 5) is 11.6. The van der Waals surface area contributed by atoms with Gasteiger partial charge in [0.05, 0.1) is 7.14 Å². The van der Waals surface area contributed by atoms with Crippen molar-refractivity contribution in [3.63, 3.8) is 0 Å². The van der Waals surface area contributed by atoms with E-state index in [2.05, 4.69) is 51.8 Å². The van der Waals surface area contributed by atoms with Gasteiger partial charge in [0, 0.05) is 0 Å². The van der Waals surface area contributed by atoms with Crippen LogP contribution in [-0.4, -0.2) is 18.2 Å². The second-order valence-electron chi connectivity index (χ2n) is 4.89. The molecule has 0 unspecified atom stereocenters. The number of carbonyl (C=O) groups excluding carboxylic acids is 1. The number of rotatable bonds is 4. The smallest absolute Gasteiger partial charge is 0.344 e. The maximum atomic E-state index is 11.6. The van der Waals surface area contributed by atoms with Gasteiger partial charge in [0.15, 0.2) is 6.61 Å². The Kier molecular flexibility index (Phi) is 6.10. The topological polar surface area (TPSA) is 35.5 Å². The summed E-state index contributed by atoms with van der Waals surface area (Å²) < 4.78 is 12.6. The molecule has 0 aromatic heterocycles. The van der Waals surface area contributed by atoms with E-state index in [1.54, 1.807) is 6.08 Å². The molecule has 0 aliphatic carbocycles. The lowest BCUT2D eigenvalue weighted by Gasteiger charge is -2.20. The predicted molar refractivity (Wildman–Crippen MR) is 93.3 cm³/mol. The van der Waals surface area contributed by atoms with Crippen LogP contribution in [0.3, 0.4) is 0 Å². The summed E-state index contributed by atoms with van der Waals surface area (Å²) in [5, 5.41) is 0. The van der Waals surface area contributed by atoms with Crippen LogP contribution < -0.4 is 4.74 Å². The maximum absolute atomic E-state index is 11.6. The van der Waals surface area contributed by atoms with Crippen LogP contribution in [0, 0.1) is 7.14 Å². The molecule has 0 saturated heterocycles. The molecule has 0 saturated carbocycles. The van der Waals surface area contributed by atoms with Gasteiger partial charge in [0.2, 0.25) is 0 Å².